The molecule has 4 aromatic rings. The first kappa shape index (κ1) is 17.4. The second-order valence-electron chi connectivity index (χ2n) is 6.56. The molecule has 2 aromatic heterocycles. The minimum atomic E-state index is -0.722. The highest BCUT2D eigenvalue weighted by Crippen LogP contribution is 2.44. The summed E-state index contributed by atoms with van der Waals surface area (Å²) in [6, 6.07) is 12.7. The van der Waals surface area contributed by atoms with Crippen LogP contribution in [0.4, 0.5) is 0 Å². The van der Waals surface area contributed by atoms with E-state index in [4.69, 9.17) is 18.6 Å². The van der Waals surface area contributed by atoms with Crippen molar-refractivity contribution >= 4 is 28.0 Å². The van der Waals surface area contributed by atoms with Crippen molar-refractivity contribution in [3.05, 3.63) is 58.4 Å². The first-order chi connectivity index (χ1) is 14.2. The lowest BCUT2D eigenvalue weighted by Crippen LogP contribution is -2.22. The summed E-state index contributed by atoms with van der Waals surface area (Å²) in [4.78, 5) is 28.5. The largest absolute Gasteiger partial charge is 0.486 e. The predicted octanol–water partition coefficient (Wildman–Crippen LogP) is 3.89. The lowest BCUT2D eigenvalue weighted by Gasteiger charge is -2.21. The average Bonchev–Trinajstić information content (AvgIpc) is 3.11. The lowest BCUT2D eigenvalue weighted by molar-refractivity contribution is 0.0525. The normalized spacial score (nSPS) is 13.0. The molecule has 0 radical (unpaired) electrons. The molecule has 0 bridgehead atoms. The number of para-hydroxylation sites is 2. The summed E-state index contributed by atoms with van der Waals surface area (Å²) in [5.41, 5.74) is 1.70. The molecule has 3 heterocycles. The molecular weight excluding hydrogens is 374 g/mol. The van der Waals surface area contributed by atoms with Crippen molar-refractivity contribution in [2.24, 2.45) is 0 Å². The number of rotatable bonds is 3. The van der Waals surface area contributed by atoms with Crippen LogP contribution in [0.3, 0.4) is 0 Å². The number of carbonyl (C=O) groups is 1. The van der Waals surface area contributed by atoms with Gasteiger partial charge in [0.2, 0.25) is 0 Å². The number of furan rings is 1. The molecule has 0 saturated heterocycles. The molecule has 0 saturated carbocycles. The van der Waals surface area contributed by atoms with E-state index in [1.807, 2.05) is 24.3 Å². The second-order valence-corrected chi connectivity index (χ2v) is 6.56. The highest BCUT2D eigenvalue weighted by molar-refractivity contribution is 6.12. The van der Waals surface area contributed by atoms with Gasteiger partial charge in [0.15, 0.2) is 17.1 Å². The molecule has 1 aliphatic heterocycles. The van der Waals surface area contributed by atoms with E-state index in [1.54, 1.807) is 25.1 Å². The quantitative estimate of drug-likeness (QED) is 0.533. The zero-order valence-electron chi connectivity index (χ0n) is 15.6. The number of pyridine rings is 1. The highest BCUT2D eigenvalue weighted by Gasteiger charge is 2.29. The molecule has 2 aromatic carbocycles. The number of H-pyrrole nitrogens is 1. The third kappa shape index (κ3) is 2.66. The fraction of sp³-hybridized carbons (Fsp3) is 0.182. The average molecular weight is 391 g/mol. The monoisotopic (exact) mass is 391 g/mol. The molecule has 0 amide bonds. The highest BCUT2D eigenvalue weighted by atomic mass is 16.6. The maximum absolute atomic E-state index is 13.0. The molecule has 0 spiro atoms. The van der Waals surface area contributed by atoms with E-state index in [1.165, 1.54) is 0 Å². The van der Waals surface area contributed by atoms with Gasteiger partial charge in [0, 0.05) is 10.9 Å². The maximum Gasteiger partial charge on any atom is 0.344 e. The van der Waals surface area contributed by atoms with Crippen LogP contribution < -0.4 is 15.0 Å². The fourth-order valence-electron chi connectivity index (χ4n) is 3.67. The number of aromatic nitrogens is 1. The van der Waals surface area contributed by atoms with E-state index in [0.717, 1.165) is 5.39 Å². The predicted molar refractivity (Wildman–Crippen MR) is 107 cm³/mol. The van der Waals surface area contributed by atoms with Gasteiger partial charge in [-0.05, 0) is 25.1 Å². The number of nitrogens with one attached hydrogen (secondary N) is 1. The molecule has 146 valence electrons. The Morgan fingerprint density at radius 2 is 1.93 bits per heavy atom. The Morgan fingerprint density at radius 3 is 2.79 bits per heavy atom. The van der Waals surface area contributed by atoms with Crippen LogP contribution in [0.15, 0.2) is 51.7 Å². The van der Waals surface area contributed by atoms with Gasteiger partial charge >= 0.3 is 5.97 Å². The molecule has 7 nitrogen and oxygen atoms in total. The van der Waals surface area contributed by atoms with Crippen LogP contribution >= 0.6 is 0 Å². The number of benzene rings is 2. The molecule has 1 aliphatic rings. The van der Waals surface area contributed by atoms with Gasteiger partial charge in [-0.2, -0.15) is 0 Å². The standard InChI is InChI=1S/C22H17NO6/c1-2-26-22(25)17-16(13-7-5-9-15-19(13)28-11-10-27-15)20-18(23-21(17)24)12-6-3-4-8-14(12)29-20/h3-9H,2,10-11H2,1H3,(H,23,24). The number of ether oxygens (including phenoxy) is 3. The van der Waals surface area contributed by atoms with Crippen molar-refractivity contribution in [2.45, 2.75) is 6.92 Å². The molecular formula is C22H17NO6. The van der Waals surface area contributed by atoms with E-state index in [0.29, 0.717) is 52.5 Å². The molecule has 0 unspecified atom stereocenters. The van der Waals surface area contributed by atoms with Crippen molar-refractivity contribution in [2.75, 3.05) is 19.8 Å². The Kier molecular flexibility index (Phi) is 4.01. The summed E-state index contributed by atoms with van der Waals surface area (Å²) in [5.74, 6) is 0.296. The summed E-state index contributed by atoms with van der Waals surface area (Å²) in [6.45, 7) is 2.62. The Labute approximate surface area is 164 Å². The molecule has 1 N–H and O–H groups in total. The van der Waals surface area contributed by atoms with Crippen LogP contribution in [0, 0.1) is 0 Å². The van der Waals surface area contributed by atoms with Crippen LogP contribution in [-0.2, 0) is 4.74 Å². The number of carbonyl (C=O) groups excluding carboxylic acids is 1. The van der Waals surface area contributed by atoms with E-state index in [2.05, 4.69) is 4.98 Å². The summed E-state index contributed by atoms with van der Waals surface area (Å²) < 4.78 is 22.8. The van der Waals surface area contributed by atoms with Gasteiger partial charge in [0.1, 0.15) is 24.4 Å². The zero-order chi connectivity index (χ0) is 20.0. The molecule has 0 fully saturated rings. The molecule has 0 atom stereocenters. The summed E-state index contributed by atoms with van der Waals surface area (Å²) in [6.07, 6.45) is 0. The summed E-state index contributed by atoms with van der Waals surface area (Å²) in [5, 5.41) is 0.748. The van der Waals surface area contributed by atoms with Crippen LogP contribution in [0.2, 0.25) is 0 Å². The van der Waals surface area contributed by atoms with Crippen molar-refractivity contribution in [1.29, 1.82) is 0 Å². The van der Waals surface area contributed by atoms with Crippen LogP contribution in [-0.4, -0.2) is 30.8 Å². The van der Waals surface area contributed by atoms with Gasteiger partial charge in [0.05, 0.1) is 17.7 Å². The number of hydrogen-bond acceptors (Lipinski definition) is 6. The topological polar surface area (TPSA) is 90.8 Å². The van der Waals surface area contributed by atoms with Crippen LogP contribution in [0.25, 0.3) is 33.2 Å². The SMILES string of the molecule is CCOC(=O)c1c(-c2cccc3c2OCCO3)c2oc3ccccc3c2[nH]c1=O. The Bertz CT molecular complexity index is 1320. The molecule has 0 aliphatic carbocycles. The van der Waals surface area contributed by atoms with E-state index >= 15 is 0 Å². The number of fused-ring (bicyclic) bond motifs is 4. The van der Waals surface area contributed by atoms with Crippen LogP contribution in [0.1, 0.15) is 17.3 Å². The Morgan fingerprint density at radius 1 is 1.10 bits per heavy atom. The van der Waals surface area contributed by atoms with Crippen molar-refractivity contribution in [3.63, 3.8) is 0 Å². The van der Waals surface area contributed by atoms with Gasteiger partial charge in [-0.3, -0.25) is 4.79 Å². The van der Waals surface area contributed by atoms with E-state index in [9.17, 15) is 9.59 Å². The third-order valence-corrected chi connectivity index (χ3v) is 4.85. The van der Waals surface area contributed by atoms with E-state index < -0.39 is 11.5 Å². The Hall–Kier alpha value is -3.74. The summed E-state index contributed by atoms with van der Waals surface area (Å²) in [7, 11) is 0. The fourth-order valence-corrected chi connectivity index (χ4v) is 3.67. The Balaban J connectivity index is 1.93. The van der Waals surface area contributed by atoms with Gasteiger partial charge < -0.3 is 23.6 Å². The number of esters is 1. The van der Waals surface area contributed by atoms with Gasteiger partial charge in [-0.1, -0.05) is 24.3 Å². The zero-order valence-corrected chi connectivity index (χ0v) is 15.6. The van der Waals surface area contributed by atoms with Crippen molar-refractivity contribution in [1.82, 2.24) is 4.98 Å². The minimum absolute atomic E-state index is 0.124. The first-order valence-corrected chi connectivity index (χ1v) is 9.32. The molecule has 7 heteroatoms. The summed E-state index contributed by atoms with van der Waals surface area (Å²) >= 11 is 0. The third-order valence-electron chi connectivity index (χ3n) is 4.85. The maximum atomic E-state index is 13.0. The second kappa shape index (κ2) is 6.70. The van der Waals surface area contributed by atoms with Crippen molar-refractivity contribution in [3.8, 4) is 22.6 Å². The van der Waals surface area contributed by atoms with Crippen molar-refractivity contribution < 1.29 is 23.4 Å². The molecule has 29 heavy (non-hydrogen) atoms. The van der Waals surface area contributed by atoms with Gasteiger partial charge in [-0.25, -0.2) is 4.79 Å². The number of aromatic amines is 1. The molecule has 5 rings (SSSR count). The smallest absolute Gasteiger partial charge is 0.344 e. The lowest BCUT2D eigenvalue weighted by atomic mass is 9.98. The van der Waals surface area contributed by atoms with E-state index in [-0.39, 0.29) is 12.2 Å². The number of hydrogen-bond donors (Lipinski definition) is 1. The van der Waals surface area contributed by atoms with Gasteiger partial charge in [0.25, 0.3) is 5.56 Å². The van der Waals surface area contributed by atoms with Gasteiger partial charge in [-0.15, -0.1) is 0 Å². The van der Waals surface area contributed by atoms with Crippen LogP contribution in [0.5, 0.6) is 11.5 Å². The minimum Gasteiger partial charge on any atom is -0.486 e. The first-order valence-electron chi connectivity index (χ1n) is 9.32.